The third-order valence-electron chi connectivity index (χ3n) is 3.12. The molecule has 19 heavy (non-hydrogen) atoms. The number of benzene rings is 1. The maximum absolute atomic E-state index is 13.0. The first-order valence-corrected chi connectivity index (χ1v) is 7.31. The van der Waals surface area contributed by atoms with Crippen molar-refractivity contribution in [3.05, 3.63) is 35.6 Å². The quantitative estimate of drug-likeness (QED) is 0.652. The predicted molar refractivity (Wildman–Crippen MR) is 78.0 cm³/mol. The van der Waals surface area contributed by atoms with Crippen LogP contribution in [0.5, 0.6) is 0 Å². The second-order valence-electron chi connectivity index (χ2n) is 4.85. The van der Waals surface area contributed by atoms with E-state index in [9.17, 15) is 4.39 Å². The zero-order valence-electron chi connectivity index (χ0n) is 12.1. The minimum atomic E-state index is -0.175. The van der Waals surface area contributed by atoms with E-state index < -0.39 is 0 Å². The maximum Gasteiger partial charge on any atom is 0.123 e. The normalized spacial score (nSPS) is 12.6. The fraction of sp³-hybridized carbons (Fsp3) is 0.625. The number of halogens is 1. The summed E-state index contributed by atoms with van der Waals surface area (Å²) in [6.45, 7) is 7.80. The Balaban J connectivity index is 2.49. The molecule has 0 radical (unpaired) electrons. The SMILES string of the molecule is CCCNCC(CCOCCC)c1ccc(F)cc1. The third-order valence-corrected chi connectivity index (χ3v) is 3.12. The molecule has 1 rings (SSSR count). The van der Waals surface area contributed by atoms with Crippen LogP contribution in [0.1, 0.15) is 44.6 Å². The first-order chi connectivity index (χ1) is 9.27. The standard InChI is InChI=1S/C16H26FNO/c1-3-10-18-13-15(9-12-19-11-4-2)14-5-7-16(17)8-6-14/h5-8,15,18H,3-4,9-13H2,1-2H3. The molecule has 0 spiro atoms. The smallest absolute Gasteiger partial charge is 0.123 e. The van der Waals surface area contributed by atoms with Crippen molar-refractivity contribution in [2.45, 2.75) is 39.0 Å². The van der Waals surface area contributed by atoms with Crippen LogP contribution in [0.25, 0.3) is 0 Å². The molecule has 0 amide bonds. The number of hydrogen-bond acceptors (Lipinski definition) is 2. The van der Waals surface area contributed by atoms with E-state index >= 15 is 0 Å². The number of nitrogens with one attached hydrogen (secondary N) is 1. The van der Waals surface area contributed by atoms with Gasteiger partial charge in [-0.15, -0.1) is 0 Å². The van der Waals surface area contributed by atoms with Gasteiger partial charge in [0.15, 0.2) is 0 Å². The van der Waals surface area contributed by atoms with Crippen molar-refractivity contribution in [1.29, 1.82) is 0 Å². The molecule has 0 aliphatic rings. The van der Waals surface area contributed by atoms with Crippen molar-refractivity contribution in [3.63, 3.8) is 0 Å². The molecule has 3 heteroatoms. The highest BCUT2D eigenvalue weighted by Gasteiger charge is 2.11. The molecule has 0 fully saturated rings. The molecular weight excluding hydrogens is 241 g/mol. The molecule has 0 aliphatic heterocycles. The lowest BCUT2D eigenvalue weighted by Crippen LogP contribution is -2.23. The summed E-state index contributed by atoms with van der Waals surface area (Å²) in [4.78, 5) is 0. The average Bonchev–Trinajstić information content (AvgIpc) is 2.43. The summed E-state index contributed by atoms with van der Waals surface area (Å²) >= 11 is 0. The summed E-state index contributed by atoms with van der Waals surface area (Å²) in [6.07, 6.45) is 3.15. The van der Waals surface area contributed by atoms with Crippen molar-refractivity contribution >= 4 is 0 Å². The third kappa shape index (κ3) is 6.69. The van der Waals surface area contributed by atoms with Gasteiger partial charge in [-0.3, -0.25) is 0 Å². The zero-order chi connectivity index (χ0) is 13.9. The molecule has 2 nitrogen and oxygen atoms in total. The maximum atomic E-state index is 13.0. The Labute approximate surface area is 116 Å². The lowest BCUT2D eigenvalue weighted by atomic mass is 9.96. The van der Waals surface area contributed by atoms with Gasteiger partial charge in [0, 0.05) is 19.8 Å². The first-order valence-electron chi connectivity index (χ1n) is 7.31. The van der Waals surface area contributed by atoms with Crippen molar-refractivity contribution in [2.75, 3.05) is 26.3 Å². The number of ether oxygens (including phenoxy) is 1. The van der Waals surface area contributed by atoms with Crippen molar-refractivity contribution in [3.8, 4) is 0 Å². The Kier molecular flexibility index (Phi) is 8.43. The van der Waals surface area contributed by atoms with Gasteiger partial charge < -0.3 is 10.1 Å². The fourth-order valence-corrected chi connectivity index (χ4v) is 2.05. The minimum Gasteiger partial charge on any atom is -0.381 e. The van der Waals surface area contributed by atoms with Crippen LogP contribution >= 0.6 is 0 Å². The largest absolute Gasteiger partial charge is 0.381 e. The molecule has 0 bridgehead atoms. The predicted octanol–water partition coefficient (Wildman–Crippen LogP) is 3.73. The van der Waals surface area contributed by atoms with Crippen LogP contribution < -0.4 is 5.32 Å². The topological polar surface area (TPSA) is 21.3 Å². The Morgan fingerprint density at radius 3 is 2.47 bits per heavy atom. The fourth-order valence-electron chi connectivity index (χ4n) is 2.05. The van der Waals surface area contributed by atoms with Crippen LogP contribution in [-0.2, 0) is 4.74 Å². The van der Waals surface area contributed by atoms with Crippen LogP contribution in [0.2, 0.25) is 0 Å². The highest BCUT2D eigenvalue weighted by atomic mass is 19.1. The molecule has 1 aromatic rings. The molecule has 108 valence electrons. The van der Waals surface area contributed by atoms with Crippen LogP contribution in [-0.4, -0.2) is 26.3 Å². The first kappa shape index (κ1) is 16.1. The van der Waals surface area contributed by atoms with Crippen LogP contribution in [0.4, 0.5) is 4.39 Å². The van der Waals surface area contributed by atoms with Crippen LogP contribution in [0.15, 0.2) is 24.3 Å². The Morgan fingerprint density at radius 2 is 1.84 bits per heavy atom. The van der Waals surface area contributed by atoms with Gasteiger partial charge in [-0.2, -0.15) is 0 Å². The summed E-state index contributed by atoms with van der Waals surface area (Å²) in [5, 5.41) is 3.44. The van der Waals surface area contributed by atoms with E-state index in [0.29, 0.717) is 5.92 Å². The van der Waals surface area contributed by atoms with Gasteiger partial charge in [0.25, 0.3) is 0 Å². The zero-order valence-corrected chi connectivity index (χ0v) is 12.1. The van der Waals surface area contributed by atoms with E-state index in [-0.39, 0.29) is 5.82 Å². The van der Waals surface area contributed by atoms with E-state index in [2.05, 4.69) is 19.2 Å². The summed E-state index contributed by atoms with van der Waals surface area (Å²) in [5.41, 5.74) is 1.19. The van der Waals surface area contributed by atoms with Gasteiger partial charge in [0.05, 0.1) is 0 Å². The lowest BCUT2D eigenvalue weighted by molar-refractivity contribution is 0.127. The molecular formula is C16H26FNO. The van der Waals surface area contributed by atoms with Crippen molar-refractivity contribution < 1.29 is 9.13 Å². The monoisotopic (exact) mass is 267 g/mol. The van der Waals surface area contributed by atoms with E-state index in [4.69, 9.17) is 4.74 Å². The second kappa shape index (κ2) is 9.93. The van der Waals surface area contributed by atoms with E-state index in [1.807, 2.05) is 12.1 Å². The summed E-state index contributed by atoms with van der Waals surface area (Å²) in [5.74, 6) is 0.218. The molecule has 1 N–H and O–H groups in total. The van der Waals surface area contributed by atoms with Gasteiger partial charge in [0.1, 0.15) is 5.82 Å². The van der Waals surface area contributed by atoms with E-state index in [1.54, 1.807) is 0 Å². The number of rotatable bonds is 10. The molecule has 0 heterocycles. The van der Waals surface area contributed by atoms with Gasteiger partial charge in [0.2, 0.25) is 0 Å². The highest BCUT2D eigenvalue weighted by Crippen LogP contribution is 2.19. The second-order valence-corrected chi connectivity index (χ2v) is 4.85. The lowest BCUT2D eigenvalue weighted by Gasteiger charge is -2.18. The van der Waals surface area contributed by atoms with Crippen LogP contribution in [0.3, 0.4) is 0 Å². The van der Waals surface area contributed by atoms with Gasteiger partial charge in [-0.1, -0.05) is 26.0 Å². The molecule has 0 aromatic heterocycles. The van der Waals surface area contributed by atoms with E-state index in [0.717, 1.165) is 45.6 Å². The highest BCUT2D eigenvalue weighted by molar-refractivity contribution is 5.20. The van der Waals surface area contributed by atoms with Crippen molar-refractivity contribution in [2.24, 2.45) is 0 Å². The average molecular weight is 267 g/mol. The van der Waals surface area contributed by atoms with Gasteiger partial charge in [-0.25, -0.2) is 4.39 Å². The molecule has 1 unspecified atom stereocenters. The molecule has 0 saturated carbocycles. The summed E-state index contributed by atoms with van der Waals surface area (Å²) in [7, 11) is 0. The Morgan fingerprint density at radius 1 is 1.11 bits per heavy atom. The Hall–Kier alpha value is -0.930. The van der Waals surface area contributed by atoms with Gasteiger partial charge in [-0.05, 0) is 49.4 Å². The van der Waals surface area contributed by atoms with Crippen LogP contribution in [0, 0.1) is 5.82 Å². The molecule has 1 aromatic carbocycles. The molecule has 0 saturated heterocycles. The van der Waals surface area contributed by atoms with Crippen molar-refractivity contribution in [1.82, 2.24) is 5.32 Å². The molecule has 0 aliphatic carbocycles. The summed E-state index contributed by atoms with van der Waals surface area (Å²) < 4.78 is 18.5. The van der Waals surface area contributed by atoms with Gasteiger partial charge >= 0.3 is 0 Å². The summed E-state index contributed by atoms with van der Waals surface area (Å²) in [6, 6.07) is 6.84. The minimum absolute atomic E-state index is 0.175. The van der Waals surface area contributed by atoms with E-state index in [1.165, 1.54) is 17.7 Å². The Bertz CT molecular complexity index is 326. The molecule has 1 atom stereocenters. The number of hydrogen-bond donors (Lipinski definition) is 1.